The number of hydrogen-bond acceptors (Lipinski definition) is 6. The summed E-state index contributed by atoms with van der Waals surface area (Å²) in [6.07, 6.45) is 0. The molecule has 0 bridgehead atoms. The number of hydrogen-bond donors (Lipinski definition) is 2. The number of carbonyl (C=O) groups is 2. The molecule has 0 aliphatic carbocycles. The van der Waals surface area contributed by atoms with Crippen molar-refractivity contribution in [3.05, 3.63) is 54.6 Å². The first-order chi connectivity index (χ1) is 13.6. The van der Waals surface area contributed by atoms with E-state index in [4.69, 9.17) is 10.5 Å². The van der Waals surface area contributed by atoms with E-state index >= 15 is 0 Å². The molecule has 0 aliphatic rings. The van der Waals surface area contributed by atoms with Gasteiger partial charge in [-0.15, -0.1) is 10.2 Å². The number of para-hydroxylation sites is 2. The molecule has 0 atom stereocenters. The lowest BCUT2D eigenvalue weighted by Gasteiger charge is -2.12. The number of ether oxygens (including phenoxy) is 1. The Balaban J connectivity index is 1.94. The molecule has 2 amide bonds. The molecule has 3 aromatic rings. The highest BCUT2D eigenvalue weighted by molar-refractivity contribution is 7.99. The maximum absolute atomic E-state index is 11.9. The maximum Gasteiger partial charge on any atom is 0.236 e. The second-order valence-corrected chi connectivity index (χ2v) is 6.65. The molecule has 0 fully saturated rings. The van der Waals surface area contributed by atoms with Crippen LogP contribution in [-0.2, 0) is 9.59 Å². The number of benzene rings is 2. The molecule has 28 heavy (non-hydrogen) atoms. The van der Waals surface area contributed by atoms with Crippen LogP contribution in [0.5, 0.6) is 5.75 Å². The number of amides is 2. The summed E-state index contributed by atoms with van der Waals surface area (Å²) in [7, 11) is 1.60. The van der Waals surface area contributed by atoms with Crippen LogP contribution in [0.4, 0.5) is 0 Å². The van der Waals surface area contributed by atoms with Crippen molar-refractivity contribution in [1.29, 1.82) is 0 Å². The molecule has 8 nitrogen and oxygen atoms in total. The molecular weight excluding hydrogens is 378 g/mol. The maximum atomic E-state index is 11.9. The summed E-state index contributed by atoms with van der Waals surface area (Å²) in [5.74, 6) is 0.436. The zero-order valence-corrected chi connectivity index (χ0v) is 16.0. The molecule has 0 saturated carbocycles. The normalized spacial score (nSPS) is 10.5. The fourth-order valence-electron chi connectivity index (χ4n) is 2.54. The number of nitrogens with one attached hydrogen (secondary N) is 1. The second kappa shape index (κ2) is 9.05. The third kappa shape index (κ3) is 4.49. The first-order valence-corrected chi connectivity index (χ1v) is 9.40. The highest BCUT2D eigenvalue weighted by Gasteiger charge is 2.19. The Kier molecular flexibility index (Phi) is 6.28. The Morgan fingerprint density at radius 2 is 1.82 bits per heavy atom. The fourth-order valence-corrected chi connectivity index (χ4v) is 3.33. The van der Waals surface area contributed by atoms with E-state index in [-0.39, 0.29) is 18.2 Å². The van der Waals surface area contributed by atoms with E-state index in [1.54, 1.807) is 7.11 Å². The molecule has 0 unspecified atom stereocenters. The lowest BCUT2D eigenvalue weighted by Crippen LogP contribution is -2.34. The molecule has 0 aliphatic heterocycles. The van der Waals surface area contributed by atoms with E-state index in [2.05, 4.69) is 15.5 Å². The standard InChI is InChI=1S/C19H19N5O3S/c1-27-15-10-6-5-9-14(15)18-22-23-19(24(18)13-7-3-2-4-8-13)28-12-17(26)21-11-16(20)25/h2-10H,11-12H2,1H3,(H2,20,25)(H,21,26). The molecule has 0 saturated heterocycles. The molecule has 9 heteroatoms. The molecule has 2 aromatic carbocycles. The van der Waals surface area contributed by atoms with E-state index in [9.17, 15) is 9.59 Å². The van der Waals surface area contributed by atoms with Gasteiger partial charge < -0.3 is 15.8 Å². The molecular formula is C19H19N5O3S. The summed E-state index contributed by atoms with van der Waals surface area (Å²) in [5, 5.41) is 11.6. The summed E-state index contributed by atoms with van der Waals surface area (Å²) < 4.78 is 7.32. The SMILES string of the molecule is COc1ccccc1-c1nnc(SCC(=O)NCC(N)=O)n1-c1ccccc1. The van der Waals surface area contributed by atoms with Gasteiger partial charge >= 0.3 is 0 Å². The van der Waals surface area contributed by atoms with E-state index in [1.165, 1.54) is 11.8 Å². The Morgan fingerprint density at radius 1 is 1.11 bits per heavy atom. The van der Waals surface area contributed by atoms with Crippen LogP contribution >= 0.6 is 11.8 Å². The first-order valence-electron chi connectivity index (χ1n) is 8.42. The van der Waals surface area contributed by atoms with Crippen molar-refractivity contribution < 1.29 is 14.3 Å². The smallest absolute Gasteiger partial charge is 0.236 e. The predicted octanol–water partition coefficient (Wildman–Crippen LogP) is 1.64. The lowest BCUT2D eigenvalue weighted by atomic mass is 10.2. The van der Waals surface area contributed by atoms with Gasteiger partial charge in [0.25, 0.3) is 0 Å². The van der Waals surface area contributed by atoms with Gasteiger partial charge in [0.15, 0.2) is 11.0 Å². The summed E-state index contributed by atoms with van der Waals surface area (Å²) >= 11 is 1.21. The summed E-state index contributed by atoms with van der Waals surface area (Å²) in [6.45, 7) is -0.197. The Morgan fingerprint density at radius 3 is 2.54 bits per heavy atom. The minimum atomic E-state index is -0.593. The highest BCUT2D eigenvalue weighted by atomic mass is 32.2. The van der Waals surface area contributed by atoms with E-state index in [0.29, 0.717) is 16.7 Å². The van der Waals surface area contributed by atoms with Crippen LogP contribution in [0.3, 0.4) is 0 Å². The fraction of sp³-hybridized carbons (Fsp3) is 0.158. The van der Waals surface area contributed by atoms with E-state index in [1.807, 2.05) is 59.2 Å². The Hall–Kier alpha value is -3.33. The highest BCUT2D eigenvalue weighted by Crippen LogP contribution is 2.33. The Bertz CT molecular complexity index is 975. The average Bonchev–Trinajstić information content (AvgIpc) is 3.15. The van der Waals surface area contributed by atoms with Crippen molar-refractivity contribution in [2.75, 3.05) is 19.4 Å². The van der Waals surface area contributed by atoms with Gasteiger partial charge in [0.05, 0.1) is 25.0 Å². The van der Waals surface area contributed by atoms with E-state index in [0.717, 1.165) is 11.3 Å². The van der Waals surface area contributed by atoms with Gasteiger partial charge in [-0.05, 0) is 24.3 Å². The molecule has 3 N–H and O–H groups in total. The van der Waals surface area contributed by atoms with Crippen molar-refractivity contribution >= 4 is 23.6 Å². The first kappa shape index (κ1) is 19.4. The molecule has 3 rings (SSSR count). The predicted molar refractivity (Wildman–Crippen MR) is 106 cm³/mol. The summed E-state index contributed by atoms with van der Waals surface area (Å²) in [6, 6.07) is 17.1. The number of aromatic nitrogens is 3. The third-order valence-electron chi connectivity index (χ3n) is 3.79. The van der Waals surface area contributed by atoms with Crippen LogP contribution in [0.1, 0.15) is 0 Å². The molecule has 1 heterocycles. The second-order valence-electron chi connectivity index (χ2n) is 5.71. The van der Waals surface area contributed by atoms with Crippen molar-refractivity contribution in [3.8, 4) is 22.8 Å². The van der Waals surface area contributed by atoms with Crippen molar-refractivity contribution in [3.63, 3.8) is 0 Å². The van der Waals surface area contributed by atoms with Crippen LogP contribution < -0.4 is 15.8 Å². The minimum Gasteiger partial charge on any atom is -0.496 e. The zero-order valence-electron chi connectivity index (χ0n) is 15.2. The molecule has 0 radical (unpaired) electrons. The lowest BCUT2D eigenvalue weighted by molar-refractivity contribution is -0.123. The van der Waals surface area contributed by atoms with Gasteiger partial charge in [-0.1, -0.05) is 42.1 Å². The molecule has 0 spiro atoms. The van der Waals surface area contributed by atoms with Crippen LogP contribution in [0.15, 0.2) is 59.8 Å². The number of methoxy groups -OCH3 is 1. The largest absolute Gasteiger partial charge is 0.496 e. The number of thioether (sulfide) groups is 1. The monoisotopic (exact) mass is 397 g/mol. The number of primary amides is 1. The van der Waals surface area contributed by atoms with Crippen molar-refractivity contribution in [2.45, 2.75) is 5.16 Å². The van der Waals surface area contributed by atoms with Crippen molar-refractivity contribution in [2.24, 2.45) is 5.73 Å². The number of carbonyl (C=O) groups excluding carboxylic acids is 2. The van der Waals surface area contributed by atoms with Crippen molar-refractivity contribution in [1.82, 2.24) is 20.1 Å². The third-order valence-corrected chi connectivity index (χ3v) is 4.72. The molecule has 1 aromatic heterocycles. The van der Waals surface area contributed by atoms with Crippen LogP contribution in [0, 0.1) is 0 Å². The van der Waals surface area contributed by atoms with Gasteiger partial charge in [0.1, 0.15) is 5.75 Å². The number of rotatable bonds is 8. The van der Waals surface area contributed by atoms with Gasteiger partial charge in [0.2, 0.25) is 11.8 Å². The van der Waals surface area contributed by atoms with Crippen LogP contribution in [-0.4, -0.2) is 46.0 Å². The van der Waals surface area contributed by atoms with Crippen LogP contribution in [0.2, 0.25) is 0 Å². The van der Waals surface area contributed by atoms with Gasteiger partial charge in [-0.2, -0.15) is 0 Å². The zero-order chi connectivity index (χ0) is 19.9. The topological polar surface area (TPSA) is 112 Å². The van der Waals surface area contributed by atoms with E-state index < -0.39 is 5.91 Å². The number of nitrogens with two attached hydrogens (primary N) is 1. The quantitative estimate of drug-likeness (QED) is 0.559. The summed E-state index contributed by atoms with van der Waals surface area (Å²) in [5.41, 5.74) is 6.68. The number of nitrogens with zero attached hydrogens (tertiary/aromatic N) is 3. The Labute approximate surface area is 166 Å². The molecule has 144 valence electrons. The van der Waals surface area contributed by atoms with Crippen LogP contribution in [0.25, 0.3) is 17.1 Å². The van der Waals surface area contributed by atoms with Gasteiger partial charge in [-0.3, -0.25) is 14.2 Å². The minimum absolute atomic E-state index is 0.0736. The van der Waals surface area contributed by atoms with Gasteiger partial charge in [0, 0.05) is 5.69 Å². The average molecular weight is 397 g/mol. The summed E-state index contributed by atoms with van der Waals surface area (Å²) in [4.78, 5) is 22.7. The van der Waals surface area contributed by atoms with Gasteiger partial charge in [-0.25, -0.2) is 0 Å².